The molecule has 0 atom stereocenters. The van der Waals surface area contributed by atoms with Gasteiger partial charge in [-0.25, -0.2) is 0 Å². The van der Waals surface area contributed by atoms with Crippen LogP contribution in [0.25, 0.3) is 12.2 Å². The highest BCUT2D eigenvalue weighted by atomic mass is 127. The van der Waals surface area contributed by atoms with Crippen molar-refractivity contribution in [2.75, 3.05) is 0 Å². The van der Waals surface area contributed by atoms with Crippen molar-refractivity contribution >= 4 is 34.7 Å². The highest BCUT2D eigenvalue weighted by Crippen LogP contribution is 2.18. The average Bonchev–Trinajstić information content (AvgIpc) is 2.07. The summed E-state index contributed by atoms with van der Waals surface area (Å²) in [6.07, 6.45) is 4.06. The van der Waals surface area contributed by atoms with E-state index in [1.165, 1.54) is 20.3 Å². The number of halogens is 1. The summed E-state index contributed by atoms with van der Waals surface area (Å²) in [7, 11) is 0. The fourth-order valence-corrected chi connectivity index (χ4v) is 1.55. The first-order chi connectivity index (χ1) is 6.13. The summed E-state index contributed by atoms with van der Waals surface area (Å²) in [5.41, 5.74) is 3.72. The summed E-state index contributed by atoms with van der Waals surface area (Å²) in [4.78, 5) is 0. The van der Waals surface area contributed by atoms with E-state index in [1.54, 1.807) is 0 Å². The Kier molecular flexibility index (Phi) is 3.72. The molecule has 0 aliphatic carbocycles. The standard InChI is InChI=1S/C12H13I/c1-4-11-7-9(2)5-6-12(11)8-10(3)13/h4-8H,1H2,2-3H3/b10-8+. The molecule has 0 nitrogen and oxygen atoms in total. The molecule has 0 spiro atoms. The Morgan fingerprint density at radius 3 is 2.62 bits per heavy atom. The van der Waals surface area contributed by atoms with Gasteiger partial charge >= 0.3 is 0 Å². The molecule has 0 fully saturated rings. The van der Waals surface area contributed by atoms with Crippen molar-refractivity contribution in [1.29, 1.82) is 0 Å². The molecule has 0 aromatic heterocycles. The number of hydrogen-bond donors (Lipinski definition) is 0. The number of hydrogen-bond acceptors (Lipinski definition) is 0. The van der Waals surface area contributed by atoms with Gasteiger partial charge in [-0.1, -0.05) is 36.4 Å². The van der Waals surface area contributed by atoms with E-state index < -0.39 is 0 Å². The highest BCUT2D eigenvalue weighted by molar-refractivity contribution is 14.1. The van der Waals surface area contributed by atoms with Crippen molar-refractivity contribution in [3.05, 3.63) is 45.0 Å². The molecule has 1 aromatic rings. The Morgan fingerprint density at radius 1 is 1.38 bits per heavy atom. The molecule has 0 amide bonds. The lowest BCUT2D eigenvalue weighted by molar-refractivity contribution is 1.44. The van der Waals surface area contributed by atoms with Crippen molar-refractivity contribution in [3.8, 4) is 0 Å². The molecule has 1 aromatic carbocycles. The lowest BCUT2D eigenvalue weighted by Gasteiger charge is -2.02. The third-order valence-electron chi connectivity index (χ3n) is 1.82. The quantitative estimate of drug-likeness (QED) is 0.704. The lowest BCUT2D eigenvalue weighted by Crippen LogP contribution is -1.82. The number of aryl methyl sites for hydroxylation is 1. The molecule has 0 aliphatic heterocycles. The number of benzene rings is 1. The van der Waals surface area contributed by atoms with Crippen molar-refractivity contribution in [2.24, 2.45) is 0 Å². The van der Waals surface area contributed by atoms with E-state index in [4.69, 9.17) is 0 Å². The highest BCUT2D eigenvalue weighted by Gasteiger charge is 1.96. The zero-order valence-corrected chi connectivity index (χ0v) is 10.1. The van der Waals surface area contributed by atoms with Crippen LogP contribution in [0.4, 0.5) is 0 Å². The molecule has 0 N–H and O–H groups in total. The van der Waals surface area contributed by atoms with Crippen LogP contribution in [-0.2, 0) is 0 Å². The van der Waals surface area contributed by atoms with Crippen LogP contribution in [0.2, 0.25) is 0 Å². The van der Waals surface area contributed by atoms with E-state index >= 15 is 0 Å². The maximum atomic E-state index is 3.81. The van der Waals surface area contributed by atoms with Gasteiger partial charge in [-0.15, -0.1) is 0 Å². The second-order valence-electron chi connectivity index (χ2n) is 3.07. The van der Waals surface area contributed by atoms with Crippen molar-refractivity contribution in [3.63, 3.8) is 0 Å². The third kappa shape index (κ3) is 2.99. The molecule has 0 aliphatic rings. The molecule has 0 bridgehead atoms. The first-order valence-electron chi connectivity index (χ1n) is 4.20. The van der Waals surface area contributed by atoms with E-state index in [2.05, 4.69) is 67.3 Å². The average molecular weight is 284 g/mol. The van der Waals surface area contributed by atoms with E-state index in [-0.39, 0.29) is 0 Å². The molecule has 13 heavy (non-hydrogen) atoms. The molecule has 68 valence electrons. The van der Waals surface area contributed by atoms with Crippen LogP contribution < -0.4 is 0 Å². The fourth-order valence-electron chi connectivity index (χ4n) is 1.22. The topological polar surface area (TPSA) is 0 Å². The van der Waals surface area contributed by atoms with Gasteiger partial charge in [-0.05, 0) is 57.2 Å². The first-order valence-corrected chi connectivity index (χ1v) is 5.28. The Morgan fingerprint density at radius 2 is 2.08 bits per heavy atom. The van der Waals surface area contributed by atoms with Gasteiger partial charge in [-0.3, -0.25) is 0 Å². The van der Waals surface area contributed by atoms with Crippen LogP contribution >= 0.6 is 22.6 Å². The Labute approximate surface area is 93.5 Å². The van der Waals surface area contributed by atoms with Gasteiger partial charge in [0.15, 0.2) is 0 Å². The molecule has 0 saturated carbocycles. The molecular formula is C12H13I. The second-order valence-corrected chi connectivity index (χ2v) is 4.77. The molecule has 1 rings (SSSR count). The zero-order valence-electron chi connectivity index (χ0n) is 7.97. The predicted octanol–water partition coefficient (Wildman–Crippen LogP) is 4.43. The van der Waals surface area contributed by atoms with E-state index in [0.29, 0.717) is 0 Å². The van der Waals surface area contributed by atoms with Crippen molar-refractivity contribution in [2.45, 2.75) is 13.8 Å². The second kappa shape index (κ2) is 4.61. The van der Waals surface area contributed by atoms with Gasteiger partial charge in [0.05, 0.1) is 0 Å². The number of rotatable bonds is 2. The Balaban J connectivity index is 3.21. The molecule has 0 unspecified atom stereocenters. The maximum Gasteiger partial charge on any atom is -0.0119 e. The van der Waals surface area contributed by atoms with E-state index in [1.807, 2.05) is 6.08 Å². The Bertz CT molecular complexity index is 344. The van der Waals surface area contributed by atoms with Crippen molar-refractivity contribution in [1.82, 2.24) is 0 Å². The van der Waals surface area contributed by atoms with Gasteiger partial charge in [0.2, 0.25) is 0 Å². The summed E-state index contributed by atoms with van der Waals surface area (Å²) < 4.78 is 1.28. The molecule has 0 saturated heterocycles. The molecule has 0 radical (unpaired) electrons. The minimum atomic E-state index is 1.20. The zero-order chi connectivity index (χ0) is 9.84. The van der Waals surface area contributed by atoms with E-state index in [0.717, 1.165) is 0 Å². The largest absolute Gasteiger partial charge is 0.0984 e. The summed E-state index contributed by atoms with van der Waals surface area (Å²) in [5.74, 6) is 0. The first kappa shape index (κ1) is 10.5. The van der Waals surface area contributed by atoms with Crippen molar-refractivity contribution < 1.29 is 0 Å². The van der Waals surface area contributed by atoms with Crippen LogP contribution in [0.1, 0.15) is 23.6 Å². The van der Waals surface area contributed by atoms with Gasteiger partial charge in [0.1, 0.15) is 0 Å². The molecular weight excluding hydrogens is 271 g/mol. The predicted molar refractivity (Wildman–Crippen MR) is 68.9 cm³/mol. The summed E-state index contributed by atoms with van der Waals surface area (Å²) >= 11 is 2.31. The molecule has 1 heteroatoms. The lowest BCUT2D eigenvalue weighted by atomic mass is 10.0. The summed E-state index contributed by atoms with van der Waals surface area (Å²) in [6, 6.07) is 6.41. The normalized spacial score (nSPS) is 11.5. The smallest absolute Gasteiger partial charge is 0.0119 e. The third-order valence-corrected chi connectivity index (χ3v) is 2.13. The summed E-state index contributed by atoms with van der Waals surface area (Å²) in [6.45, 7) is 7.99. The fraction of sp³-hybridized carbons (Fsp3) is 0.167. The van der Waals surface area contributed by atoms with Gasteiger partial charge in [0, 0.05) is 0 Å². The van der Waals surface area contributed by atoms with Crippen LogP contribution in [-0.4, -0.2) is 0 Å². The van der Waals surface area contributed by atoms with E-state index in [9.17, 15) is 0 Å². The van der Waals surface area contributed by atoms with Gasteiger partial charge in [0.25, 0.3) is 0 Å². The van der Waals surface area contributed by atoms with Gasteiger partial charge < -0.3 is 0 Å². The van der Waals surface area contributed by atoms with Crippen LogP contribution in [0.3, 0.4) is 0 Å². The summed E-state index contributed by atoms with van der Waals surface area (Å²) in [5, 5.41) is 0. The van der Waals surface area contributed by atoms with Crippen LogP contribution in [0, 0.1) is 6.92 Å². The Hall–Kier alpha value is -0.570. The number of allylic oxidation sites excluding steroid dienone is 1. The van der Waals surface area contributed by atoms with Gasteiger partial charge in [-0.2, -0.15) is 0 Å². The van der Waals surface area contributed by atoms with Crippen LogP contribution in [0.15, 0.2) is 28.4 Å². The monoisotopic (exact) mass is 284 g/mol. The minimum absolute atomic E-state index is 1.20. The minimum Gasteiger partial charge on any atom is -0.0984 e. The van der Waals surface area contributed by atoms with Crippen LogP contribution in [0.5, 0.6) is 0 Å². The molecule has 0 heterocycles. The maximum absolute atomic E-state index is 3.81. The SMILES string of the molecule is C=Cc1cc(C)ccc1/C=C(\C)I.